The summed E-state index contributed by atoms with van der Waals surface area (Å²) in [5.74, 6) is 1.73. The number of hydrogen-bond donors (Lipinski definition) is 1. The summed E-state index contributed by atoms with van der Waals surface area (Å²) in [5, 5.41) is 9.05. The van der Waals surface area contributed by atoms with Crippen molar-refractivity contribution in [3.63, 3.8) is 0 Å². The van der Waals surface area contributed by atoms with Crippen LogP contribution in [0.4, 0.5) is 10.5 Å². The number of anilines is 1. The first-order valence-electron chi connectivity index (χ1n) is 6.28. The van der Waals surface area contributed by atoms with Crippen molar-refractivity contribution in [1.82, 2.24) is 0 Å². The van der Waals surface area contributed by atoms with Crippen molar-refractivity contribution in [2.75, 3.05) is 17.7 Å². The predicted molar refractivity (Wildman–Crippen MR) is 77.7 cm³/mol. The molecule has 0 heterocycles. The van der Waals surface area contributed by atoms with Crippen molar-refractivity contribution < 1.29 is 9.90 Å². The van der Waals surface area contributed by atoms with Gasteiger partial charge in [-0.25, -0.2) is 4.79 Å². The molecule has 1 aromatic carbocycles. The third-order valence-corrected chi connectivity index (χ3v) is 4.44. The van der Waals surface area contributed by atoms with Crippen LogP contribution in [0.15, 0.2) is 29.2 Å². The normalized spacial score (nSPS) is 10.7. The number of carbonyl (C=O) groups is 1. The Morgan fingerprint density at radius 2 is 1.94 bits per heavy atom. The minimum atomic E-state index is -0.925. The number of amides is 1. The predicted octanol–water partition coefficient (Wildman–Crippen LogP) is 4.33. The lowest BCUT2D eigenvalue weighted by atomic mass is 10.1. The average Bonchev–Trinajstić information content (AvgIpc) is 2.39. The molecule has 1 rings (SSSR count). The van der Waals surface area contributed by atoms with Crippen LogP contribution in [0.1, 0.15) is 26.7 Å². The lowest BCUT2D eigenvalue weighted by Crippen LogP contribution is -2.24. The summed E-state index contributed by atoms with van der Waals surface area (Å²) in [7, 11) is 1.58. The van der Waals surface area contributed by atoms with Crippen LogP contribution in [0.25, 0.3) is 0 Å². The van der Waals surface area contributed by atoms with Crippen molar-refractivity contribution in [3.8, 4) is 0 Å². The molecule has 18 heavy (non-hydrogen) atoms. The monoisotopic (exact) mass is 267 g/mol. The lowest BCUT2D eigenvalue weighted by molar-refractivity contribution is 0.203. The van der Waals surface area contributed by atoms with Crippen LogP contribution in [0.2, 0.25) is 0 Å². The van der Waals surface area contributed by atoms with E-state index in [0.29, 0.717) is 5.92 Å². The van der Waals surface area contributed by atoms with Gasteiger partial charge in [-0.3, -0.25) is 4.90 Å². The van der Waals surface area contributed by atoms with Crippen LogP contribution in [0.5, 0.6) is 0 Å². The van der Waals surface area contributed by atoms with Crippen molar-refractivity contribution in [2.24, 2.45) is 5.92 Å². The molecule has 3 nitrogen and oxygen atoms in total. The van der Waals surface area contributed by atoms with E-state index in [1.54, 1.807) is 18.8 Å². The molecule has 1 aromatic rings. The van der Waals surface area contributed by atoms with Gasteiger partial charge in [-0.2, -0.15) is 0 Å². The van der Waals surface area contributed by atoms with Crippen molar-refractivity contribution in [1.29, 1.82) is 0 Å². The Kier molecular flexibility index (Phi) is 6.05. The maximum atomic E-state index is 11.0. The number of hydrogen-bond acceptors (Lipinski definition) is 2. The first-order valence-corrected chi connectivity index (χ1v) is 7.27. The molecule has 0 aliphatic carbocycles. The summed E-state index contributed by atoms with van der Waals surface area (Å²) in [4.78, 5) is 13.3. The van der Waals surface area contributed by atoms with Gasteiger partial charge in [-0.1, -0.05) is 38.8 Å². The summed E-state index contributed by atoms with van der Waals surface area (Å²) in [6.45, 7) is 4.40. The quantitative estimate of drug-likeness (QED) is 0.780. The van der Waals surface area contributed by atoms with E-state index in [1.807, 2.05) is 24.3 Å². The summed E-state index contributed by atoms with van der Waals surface area (Å²) in [6, 6.07) is 7.66. The first-order chi connectivity index (χ1) is 8.60. The summed E-state index contributed by atoms with van der Waals surface area (Å²) >= 11 is 1.75. The number of carboxylic acid groups (broad SMARTS) is 1. The second kappa shape index (κ2) is 7.31. The molecule has 0 fully saturated rings. The Morgan fingerprint density at radius 3 is 2.50 bits per heavy atom. The molecular formula is C14H21NO2S. The minimum absolute atomic E-state index is 0.693. The maximum absolute atomic E-state index is 11.0. The van der Waals surface area contributed by atoms with Crippen LogP contribution in [0.3, 0.4) is 0 Å². The largest absolute Gasteiger partial charge is 0.465 e. The lowest BCUT2D eigenvalue weighted by Gasteiger charge is -2.18. The molecule has 0 saturated heterocycles. The van der Waals surface area contributed by atoms with Crippen LogP contribution in [-0.2, 0) is 0 Å². The van der Waals surface area contributed by atoms with E-state index in [1.165, 1.54) is 17.7 Å². The highest BCUT2D eigenvalue weighted by Crippen LogP contribution is 2.31. The standard InChI is InChI=1S/C14H21NO2S/c1-4-11(5-2)10-18-13-9-7-6-8-12(13)15(3)14(16)17/h6-9,11H,4-5,10H2,1-3H3,(H,16,17). The fraction of sp³-hybridized carbons (Fsp3) is 0.500. The summed E-state index contributed by atoms with van der Waals surface area (Å²) in [6.07, 6.45) is 1.41. The van der Waals surface area contributed by atoms with Gasteiger partial charge in [0.2, 0.25) is 0 Å². The number of thioether (sulfide) groups is 1. The second-order valence-corrected chi connectivity index (χ2v) is 5.36. The summed E-state index contributed by atoms with van der Waals surface area (Å²) < 4.78 is 0. The zero-order chi connectivity index (χ0) is 13.5. The van der Waals surface area contributed by atoms with Gasteiger partial charge < -0.3 is 5.11 Å². The van der Waals surface area contributed by atoms with E-state index in [9.17, 15) is 4.79 Å². The molecule has 0 unspecified atom stereocenters. The average molecular weight is 267 g/mol. The zero-order valence-electron chi connectivity index (χ0n) is 11.2. The molecule has 0 radical (unpaired) electrons. The third-order valence-electron chi connectivity index (χ3n) is 3.14. The fourth-order valence-corrected chi connectivity index (χ4v) is 3.11. The third kappa shape index (κ3) is 3.95. The Morgan fingerprint density at radius 1 is 1.33 bits per heavy atom. The van der Waals surface area contributed by atoms with Crippen molar-refractivity contribution in [2.45, 2.75) is 31.6 Å². The fourth-order valence-electron chi connectivity index (χ4n) is 1.69. The molecule has 4 heteroatoms. The van der Waals surface area contributed by atoms with Gasteiger partial charge in [0.05, 0.1) is 5.69 Å². The van der Waals surface area contributed by atoms with E-state index < -0.39 is 6.09 Å². The van der Waals surface area contributed by atoms with E-state index >= 15 is 0 Å². The minimum Gasteiger partial charge on any atom is -0.465 e. The molecular weight excluding hydrogens is 246 g/mol. The molecule has 0 aliphatic heterocycles. The Bertz CT molecular complexity index is 391. The summed E-state index contributed by atoms with van der Waals surface area (Å²) in [5.41, 5.74) is 0.765. The number of nitrogens with zero attached hydrogens (tertiary/aromatic N) is 1. The molecule has 0 aliphatic rings. The topological polar surface area (TPSA) is 40.5 Å². The van der Waals surface area contributed by atoms with Crippen LogP contribution in [-0.4, -0.2) is 24.0 Å². The highest BCUT2D eigenvalue weighted by Gasteiger charge is 2.13. The van der Waals surface area contributed by atoms with Gasteiger partial charge in [0, 0.05) is 17.7 Å². The molecule has 0 saturated carbocycles. The number of rotatable bonds is 6. The van der Waals surface area contributed by atoms with Gasteiger partial charge in [0.15, 0.2) is 0 Å². The van der Waals surface area contributed by atoms with Crippen molar-refractivity contribution >= 4 is 23.5 Å². The van der Waals surface area contributed by atoms with E-state index in [4.69, 9.17) is 5.11 Å². The van der Waals surface area contributed by atoms with Crippen LogP contribution < -0.4 is 4.90 Å². The Hall–Kier alpha value is -1.16. The van der Waals surface area contributed by atoms with Gasteiger partial charge >= 0.3 is 6.09 Å². The van der Waals surface area contributed by atoms with Gasteiger partial charge in [0.1, 0.15) is 0 Å². The highest BCUT2D eigenvalue weighted by atomic mass is 32.2. The number of para-hydroxylation sites is 1. The molecule has 0 aromatic heterocycles. The molecule has 0 spiro atoms. The maximum Gasteiger partial charge on any atom is 0.411 e. The Labute approximate surface area is 113 Å². The van der Waals surface area contributed by atoms with Crippen molar-refractivity contribution in [3.05, 3.63) is 24.3 Å². The van der Waals surface area contributed by atoms with Crippen LogP contribution in [0, 0.1) is 5.92 Å². The highest BCUT2D eigenvalue weighted by molar-refractivity contribution is 7.99. The molecule has 1 N–H and O–H groups in total. The van der Waals surface area contributed by atoms with Gasteiger partial charge in [-0.05, 0) is 18.1 Å². The second-order valence-electron chi connectivity index (χ2n) is 4.30. The van der Waals surface area contributed by atoms with Gasteiger partial charge in [0.25, 0.3) is 0 Å². The van der Waals surface area contributed by atoms with E-state index in [0.717, 1.165) is 16.3 Å². The Balaban J connectivity index is 2.79. The zero-order valence-corrected chi connectivity index (χ0v) is 12.0. The molecule has 1 amide bonds. The van der Waals surface area contributed by atoms with Gasteiger partial charge in [-0.15, -0.1) is 11.8 Å². The van der Waals surface area contributed by atoms with Crippen LogP contribution >= 0.6 is 11.8 Å². The number of benzene rings is 1. The SMILES string of the molecule is CCC(CC)CSc1ccccc1N(C)C(=O)O. The molecule has 0 bridgehead atoms. The molecule has 0 atom stereocenters. The van der Waals surface area contributed by atoms with E-state index in [-0.39, 0.29) is 0 Å². The molecule has 100 valence electrons. The smallest absolute Gasteiger partial charge is 0.411 e. The first kappa shape index (κ1) is 14.9. The van der Waals surface area contributed by atoms with E-state index in [2.05, 4.69) is 13.8 Å².